The molecule has 0 saturated heterocycles. The summed E-state index contributed by atoms with van der Waals surface area (Å²) in [5, 5.41) is 8.84. The van der Waals surface area contributed by atoms with Gasteiger partial charge in [-0.3, -0.25) is 19.6 Å². The molecular weight excluding hydrogens is 482 g/mol. The first-order valence-corrected chi connectivity index (χ1v) is 9.67. The number of nitrogens with one attached hydrogen (secondary N) is 2. The van der Waals surface area contributed by atoms with Gasteiger partial charge in [-0.25, -0.2) is 4.68 Å². The Bertz CT molecular complexity index is 1530. The van der Waals surface area contributed by atoms with Crippen molar-refractivity contribution in [1.29, 1.82) is 0 Å². The van der Waals surface area contributed by atoms with Gasteiger partial charge in [0, 0.05) is 40.7 Å². The first-order chi connectivity index (χ1) is 16.4. The van der Waals surface area contributed by atoms with E-state index in [1.165, 1.54) is 24.5 Å². The fourth-order valence-corrected chi connectivity index (χ4v) is 3.76. The smallest absolute Gasteiger partial charge is 0.322 e. The monoisotopic (exact) mass is 492 g/mol. The Hall–Kier alpha value is -4.49. The molecule has 35 heavy (non-hydrogen) atoms. The summed E-state index contributed by atoms with van der Waals surface area (Å²) in [7, 11) is 0. The van der Waals surface area contributed by atoms with Gasteiger partial charge in [-0.05, 0) is 24.3 Å². The molecule has 2 N–H and O–H groups in total. The third kappa shape index (κ3) is 3.72. The molecule has 8 nitrogen and oxygen atoms in total. The van der Waals surface area contributed by atoms with Crippen LogP contribution in [0.3, 0.4) is 0 Å². The van der Waals surface area contributed by atoms with Crippen molar-refractivity contribution in [2.24, 2.45) is 0 Å². The number of carbonyl (C=O) groups is 2. The molecule has 0 spiro atoms. The van der Waals surface area contributed by atoms with Crippen molar-refractivity contribution in [2.75, 3.05) is 10.6 Å². The minimum absolute atomic E-state index is 0.107. The van der Waals surface area contributed by atoms with Crippen molar-refractivity contribution >= 4 is 34.0 Å². The van der Waals surface area contributed by atoms with Crippen molar-refractivity contribution in [2.45, 2.75) is 12.4 Å². The van der Waals surface area contributed by atoms with Gasteiger partial charge in [-0.2, -0.15) is 31.4 Å². The maximum atomic E-state index is 14.1. The lowest BCUT2D eigenvalue weighted by atomic mass is 10.1. The molecule has 0 bridgehead atoms. The van der Waals surface area contributed by atoms with Crippen LogP contribution in [-0.2, 0) is 12.4 Å². The predicted octanol–water partition coefficient (Wildman–Crippen LogP) is 4.67. The normalized spacial score (nSPS) is 13.3. The van der Waals surface area contributed by atoms with Crippen molar-refractivity contribution in [3.8, 4) is 5.69 Å². The van der Waals surface area contributed by atoms with E-state index < -0.39 is 46.8 Å². The summed E-state index contributed by atoms with van der Waals surface area (Å²) in [6.45, 7) is 0. The zero-order chi connectivity index (χ0) is 25.1. The third-order valence-corrected chi connectivity index (χ3v) is 5.21. The standard InChI is InChI=1S/C21H10F6N6O2/c22-20(23,24)15-5-9(3-4-29-15)31-19(35)12-8-30-33(17(12)21(25,26)27)14-2-1-13-16-10(14)6-28-7-11(16)18(34)32-13/h1-8H,(H,32,34)(H,29,31,35). The number of halogens is 6. The zero-order valence-electron chi connectivity index (χ0n) is 17.0. The highest BCUT2D eigenvalue weighted by Gasteiger charge is 2.41. The van der Waals surface area contributed by atoms with Crippen molar-refractivity contribution < 1.29 is 35.9 Å². The number of benzene rings is 1. The first-order valence-electron chi connectivity index (χ1n) is 9.67. The number of pyridine rings is 2. The fraction of sp³-hybridized carbons (Fsp3) is 0.0952. The molecule has 14 heteroatoms. The summed E-state index contributed by atoms with van der Waals surface area (Å²) in [6.07, 6.45) is -5.94. The van der Waals surface area contributed by atoms with Crippen LogP contribution in [0.2, 0.25) is 0 Å². The second-order valence-corrected chi connectivity index (χ2v) is 7.39. The second kappa shape index (κ2) is 7.51. The molecule has 4 heterocycles. The Labute approximate surface area is 190 Å². The van der Waals surface area contributed by atoms with Crippen LogP contribution in [0.4, 0.5) is 37.7 Å². The quantitative estimate of drug-likeness (QED) is 0.405. The lowest BCUT2D eigenvalue weighted by Gasteiger charge is -2.15. The molecule has 0 fully saturated rings. The summed E-state index contributed by atoms with van der Waals surface area (Å²) in [5.41, 5.74) is -3.68. The van der Waals surface area contributed by atoms with Crippen LogP contribution in [0, 0.1) is 0 Å². The van der Waals surface area contributed by atoms with Crippen LogP contribution in [0.15, 0.2) is 49.1 Å². The molecule has 0 radical (unpaired) electrons. The number of hydrogen-bond donors (Lipinski definition) is 2. The Morgan fingerprint density at radius 2 is 1.77 bits per heavy atom. The van der Waals surface area contributed by atoms with Crippen LogP contribution >= 0.6 is 0 Å². The highest BCUT2D eigenvalue weighted by atomic mass is 19.4. The fourth-order valence-electron chi connectivity index (χ4n) is 3.76. The molecular formula is C21H10F6N6O2. The number of carbonyl (C=O) groups excluding carboxylic acids is 2. The molecule has 0 atom stereocenters. The highest BCUT2D eigenvalue weighted by Crippen LogP contribution is 2.39. The molecule has 2 amide bonds. The Morgan fingerprint density at radius 3 is 2.49 bits per heavy atom. The van der Waals surface area contributed by atoms with E-state index in [1.54, 1.807) is 0 Å². The van der Waals surface area contributed by atoms with E-state index in [1.807, 2.05) is 5.32 Å². The number of anilines is 2. The summed E-state index contributed by atoms with van der Waals surface area (Å²) in [6, 6.07) is 4.17. The Morgan fingerprint density at radius 1 is 1.00 bits per heavy atom. The average Bonchev–Trinajstić information content (AvgIpc) is 3.37. The molecule has 0 unspecified atom stereocenters. The largest absolute Gasteiger partial charge is 0.434 e. The lowest BCUT2D eigenvalue weighted by molar-refractivity contribution is -0.143. The molecule has 178 valence electrons. The predicted molar refractivity (Wildman–Crippen MR) is 109 cm³/mol. The maximum Gasteiger partial charge on any atom is 0.434 e. The van der Waals surface area contributed by atoms with Crippen molar-refractivity contribution in [1.82, 2.24) is 19.7 Å². The average molecular weight is 492 g/mol. The minimum Gasteiger partial charge on any atom is -0.322 e. The lowest BCUT2D eigenvalue weighted by Crippen LogP contribution is -2.21. The van der Waals surface area contributed by atoms with E-state index in [0.717, 1.165) is 12.3 Å². The summed E-state index contributed by atoms with van der Waals surface area (Å²) in [5.74, 6) is -1.80. The van der Waals surface area contributed by atoms with Crippen LogP contribution in [0.25, 0.3) is 16.5 Å². The van der Waals surface area contributed by atoms with Gasteiger partial charge < -0.3 is 10.6 Å². The minimum atomic E-state index is -5.08. The number of rotatable bonds is 3. The molecule has 1 aromatic carbocycles. The van der Waals surface area contributed by atoms with Gasteiger partial charge in [-0.15, -0.1) is 0 Å². The topological polar surface area (TPSA) is 102 Å². The summed E-state index contributed by atoms with van der Waals surface area (Å²) in [4.78, 5) is 31.8. The maximum absolute atomic E-state index is 14.1. The van der Waals surface area contributed by atoms with Crippen LogP contribution < -0.4 is 10.6 Å². The van der Waals surface area contributed by atoms with Gasteiger partial charge in [0.05, 0.1) is 23.0 Å². The van der Waals surface area contributed by atoms with E-state index in [2.05, 4.69) is 20.4 Å². The van der Waals surface area contributed by atoms with Gasteiger partial charge in [0.2, 0.25) is 0 Å². The SMILES string of the molecule is O=C(Nc1ccnc(C(F)(F)F)c1)c1cnn(-c2ccc3c4c(cncc24)C(=O)N3)c1C(F)(F)F. The molecule has 5 rings (SSSR count). The molecule has 0 aliphatic carbocycles. The van der Waals surface area contributed by atoms with Gasteiger partial charge in [0.25, 0.3) is 11.8 Å². The van der Waals surface area contributed by atoms with E-state index >= 15 is 0 Å². The number of amides is 2. The van der Waals surface area contributed by atoms with E-state index in [0.29, 0.717) is 28.0 Å². The van der Waals surface area contributed by atoms with E-state index in [-0.39, 0.29) is 16.6 Å². The molecule has 4 aromatic rings. The molecule has 3 aromatic heterocycles. The van der Waals surface area contributed by atoms with Gasteiger partial charge in [0.15, 0.2) is 5.69 Å². The Balaban J connectivity index is 1.61. The molecule has 1 aliphatic rings. The van der Waals surface area contributed by atoms with Gasteiger partial charge >= 0.3 is 12.4 Å². The third-order valence-electron chi connectivity index (χ3n) is 5.21. The van der Waals surface area contributed by atoms with Crippen LogP contribution in [-0.4, -0.2) is 31.6 Å². The number of alkyl halides is 6. The van der Waals surface area contributed by atoms with Gasteiger partial charge in [0.1, 0.15) is 5.69 Å². The first kappa shape index (κ1) is 22.3. The van der Waals surface area contributed by atoms with E-state index in [4.69, 9.17) is 0 Å². The van der Waals surface area contributed by atoms with Crippen molar-refractivity contribution in [3.05, 3.63) is 71.6 Å². The number of nitrogens with zero attached hydrogens (tertiary/aromatic N) is 4. The summed E-state index contributed by atoms with van der Waals surface area (Å²) >= 11 is 0. The molecule has 0 saturated carbocycles. The molecule has 1 aliphatic heterocycles. The second-order valence-electron chi connectivity index (χ2n) is 7.39. The van der Waals surface area contributed by atoms with Crippen LogP contribution in [0.1, 0.15) is 32.1 Å². The summed E-state index contributed by atoms with van der Waals surface area (Å²) < 4.78 is 81.4. The van der Waals surface area contributed by atoms with Crippen molar-refractivity contribution in [3.63, 3.8) is 0 Å². The van der Waals surface area contributed by atoms with E-state index in [9.17, 15) is 35.9 Å². The number of hydrogen-bond acceptors (Lipinski definition) is 5. The zero-order valence-corrected chi connectivity index (χ0v) is 17.0. The number of aromatic nitrogens is 4. The van der Waals surface area contributed by atoms with Crippen LogP contribution in [0.5, 0.6) is 0 Å². The van der Waals surface area contributed by atoms with Gasteiger partial charge in [-0.1, -0.05) is 0 Å². The Kier molecular flexibility index (Phi) is 4.79. The highest BCUT2D eigenvalue weighted by molar-refractivity contribution is 6.24.